The van der Waals surface area contributed by atoms with Crippen LogP contribution in [-0.4, -0.2) is 47.3 Å². The van der Waals surface area contributed by atoms with Crippen molar-refractivity contribution in [2.24, 2.45) is 5.92 Å². The second-order valence-electron chi connectivity index (χ2n) is 8.03. The minimum Gasteiger partial charge on any atom is -0.345 e. The molecule has 29 heavy (non-hydrogen) atoms. The van der Waals surface area contributed by atoms with Crippen molar-refractivity contribution >= 4 is 29.4 Å². The topological polar surface area (TPSA) is 108 Å². The smallest absolute Gasteiger partial charge is 0.325 e. The normalized spacial score (nSPS) is 23.8. The third-order valence-electron chi connectivity index (χ3n) is 5.99. The highest BCUT2D eigenvalue weighted by Crippen LogP contribution is 2.38. The SMILES string of the molecule is Cc1cccc(C)c1NC(=O)CNC(=O)CN1C(=O)N[C@]2(CCCC[C@@H]2C)C1=O. The zero-order valence-electron chi connectivity index (χ0n) is 17.1. The maximum absolute atomic E-state index is 12.9. The number of rotatable bonds is 5. The van der Waals surface area contributed by atoms with Crippen molar-refractivity contribution in [1.29, 1.82) is 0 Å². The number of anilines is 1. The monoisotopic (exact) mass is 400 g/mol. The molecule has 0 aromatic heterocycles. The number of amides is 5. The molecule has 1 aromatic carbocycles. The Labute approximate surface area is 170 Å². The Bertz CT molecular complexity index is 833. The van der Waals surface area contributed by atoms with Crippen molar-refractivity contribution in [2.45, 2.75) is 52.0 Å². The first-order valence-corrected chi connectivity index (χ1v) is 10.0. The minimum absolute atomic E-state index is 0.0314. The fourth-order valence-electron chi connectivity index (χ4n) is 4.21. The molecular formula is C21H28N4O4. The molecule has 1 spiro atoms. The van der Waals surface area contributed by atoms with Gasteiger partial charge in [-0.05, 0) is 43.7 Å². The number of benzene rings is 1. The lowest BCUT2D eigenvalue weighted by molar-refractivity contribution is -0.137. The molecule has 0 bridgehead atoms. The van der Waals surface area contributed by atoms with Gasteiger partial charge in [-0.2, -0.15) is 0 Å². The van der Waals surface area contributed by atoms with Crippen molar-refractivity contribution in [2.75, 3.05) is 18.4 Å². The molecule has 1 aromatic rings. The molecule has 8 heteroatoms. The summed E-state index contributed by atoms with van der Waals surface area (Å²) in [5.41, 5.74) is 1.68. The van der Waals surface area contributed by atoms with E-state index in [4.69, 9.17) is 0 Å². The Morgan fingerprint density at radius 1 is 1.17 bits per heavy atom. The van der Waals surface area contributed by atoms with E-state index in [1.54, 1.807) is 0 Å². The molecule has 2 aliphatic rings. The van der Waals surface area contributed by atoms with Crippen LogP contribution in [0, 0.1) is 19.8 Å². The molecule has 2 fully saturated rings. The van der Waals surface area contributed by atoms with Crippen LogP contribution in [0.2, 0.25) is 0 Å². The van der Waals surface area contributed by atoms with Crippen molar-refractivity contribution in [3.63, 3.8) is 0 Å². The van der Waals surface area contributed by atoms with E-state index in [9.17, 15) is 19.2 Å². The van der Waals surface area contributed by atoms with E-state index in [0.29, 0.717) is 12.1 Å². The summed E-state index contributed by atoms with van der Waals surface area (Å²) in [6, 6.07) is 5.14. The molecular weight excluding hydrogens is 372 g/mol. The van der Waals surface area contributed by atoms with Crippen LogP contribution in [-0.2, 0) is 14.4 Å². The molecule has 156 valence electrons. The highest BCUT2D eigenvalue weighted by Gasteiger charge is 2.55. The summed E-state index contributed by atoms with van der Waals surface area (Å²) in [5.74, 6) is -1.23. The summed E-state index contributed by atoms with van der Waals surface area (Å²) in [6.07, 6.45) is 3.36. The number of carbonyl (C=O) groups excluding carboxylic acids is 4. The number of urea groups is 1. The van der Waals surface area contributed by atoms with Gasteiger partial charge >= 0.3 is 6.03 Å². The second kappa shape index (κ2) is 8.23. The number of hydrogen-bond donors (Lipinski definition) is 3. The lowest BCUT2D eigenvalue weighted by Crippen LogP contribution is -2.54. The molecule has 1 aliphatic heterocycles. The fraction of sp³-hybridized carbons (Fsp3) is 0.524. The molecule has 1 aliphatic carbocycles. The van der Waals surface area contributed by atoms with Gasteiger partial charge in [-0.15, -0.1) is 0 Å². The van der Waals surface area contributed by atoms with Gasteiger partial charge in [-0.3, -0.25) is 19.3 Å². The van der Waals surface area contributed by atoms with E-state index < -0.39 is 24.0 Å². The Hall–Kier alpha value is -2.90. The third-order valence-corrected chi connectivity index (χ3v) is 5.99. The third kappa shape index (κ3) is 4.11. The maximum Gasteiger partial charge on any atom is 0.325 e. The first-order valence-electron chi connectivity index (χ1n) is 10.0. The molecule has 1 saturated carbocycles. The molecule has 8 nitrogen and oxygen atoms in total. The molecule has 3 rings (SSSR count). The summed E-state index contributed by atoms with van der Waals surface area (Å²) in [7, 11) is 0. The van der Waals surface area contributed by atoms with Gasteiger partial charge in [0, 0.05) is 5.69 Å². The van der Waals surface area contributed by atoms with Crippen LogP contribution in [0.4, 0.5) is 10.5 Å². The van der Waals surface area contributed by atoms with Crippen LogP contribution >= 0.6 is 0 Å². The van der Waals surface area contributed by atoms with E-state index in [0.717, 1.165) is 35.3 Å². The van der Waals surface area contributed by atoms with Gasteiger partial charge in [0.15, 0.2) is 0 Å². The van der Waals surface area contributed by atoms with Gasteiger partial charge in [0.25, 0.3) is 5.91 Å². The van der Waals surface area contributed by atoms with Crippen molar-refractivity contribution < 1.29 is 19.2 Å². The average Bonchev–Trinajstić information content (AvgIpc) is 2.90. The minimum atomic E-state index is -0.894. The lowest BCUT2D eigenvalue weighted by atomic mass is 9.73. The summed E-state index contributed by atoms with van der Waals surface area (Å²) >= 11 is 0. The Balaban J connectivity index is 1.55. The lowest BCUT2D eigenvalue weighted by Gasteiger charge is -2.36. The van der Waals surface area contributed by atoms with Gasteiger partial charge in [0.1, 0.15) is 12.1 Å². The van der Waals surface area contributed by atoms with Gasteiger partial charge < -0.3 is 16.0 Å². The summed E-state index contributed by atoms with van der Waals surface area (Å²) in [5, 5.41) is 8.08. The maximum atomic E-state index is 12.9. The first kappa shape index (κ1) is 20.8. The molecule has 1 heterocycles. The van der Waals surface area contributed by atoms with Gasteiger partial charge in [0.2, 0.25) is 11.8 Å². The highest BCUT2D eigenvalue weighted by molar-refractivity contribution is 6.09. The predicted octanol–water partition coefficient (Wildman–Crippen LogP) is 1.86. The fourth-order valence-corrected chi connectivity index (χ4v) is 4.21. The van der Waals surface area contributed by atoms with E-state index in [-0.39, 0.29) is 24.3 Å². The van der Waals surface area contributed by atoms with Crippen LogP contribution < -0.4 is 16.0 Å². The van der Waals surface area contributed by atoms with Crippen molar-refractivity contribution in [3.05, 3.63) is 29.3 Å². The van der Waals surface area contributed by atoms with Crippen LogP contribution in [0.5, 0.6) is 0 Å². The second-order valence-corrected chi connectivity index (χ2v) is 8.03. The van der Waals surface area contributed by atoms with Crippen LogP contribution in [0.15, 0.2) is 18.2 Å². The zero-order valence-corrected chi connectivity index (χ0v) is 17.1. The molecule has 5 amide bonds. The molecule has 1 saturated heterocycles. The van der Waals surface area contributed by atoms with Gasteiger partial charge in [-0.1, -0.05) is 38.0 Å². The van der Waals surface area contributed by atoms with Gasteiger partial charge in [-0.25, -0.2) is 4.79 Å². The number of hydrogen-bond acceptors (Lipinski definition) is 4. The van der Waals surface area contributed by atoms with Gasteiger partial charge in [0.05, 0.1) is 6.54 Å². The number of imide groups is 1. The Morgan fingerprint density at radius 2 is 1.86 bits per heavy atom. The summed E-state index contributed by atoms with van der Waals surface area (Å²) < 4.78 is 0. The number of carbonyl (C=O) groups is 4. The number of nitrogens with one attached hydrogen (secondary N) is 3. The predicted molar refractivity (Wildman–Crippen MR) is 108 cm³/mol. The largest absolute Gasteiger partial charge is 0.345 e. The number of nitrogens with zero attached hydrogens (tertiary/aromatic N) is 1. The molecule has 0 radical (unpaired) electrons. The van der Waals surface area contributed by atoms with E-state index in [1.807, 2.05) is 39.0 Å². The Kier molecular flexibility index (Phi) is 5.91. The van der Waals surface area contributed by atoms with E-state index in [2.05, 4.69) is 16.0 Å². The molecule has 3 N–H and O–H groups in total. The van der Waals surface area contributed by atoms with Crippen molar-refractivity contribution in [1.82, 2.24) is 15.5 Å². The van der Waals surface area contributed by atoms with E-state index >= 15 is 0 Å². The van der Waals surface area contributed by atoms with E-state index in [1.165, 1.54) is 0 Å². The summed E-state index contributed by atoms with van der Waals surface area (Å²) in [6.45, 7) is 5.11. The number of aryl methyl sites for hydroxylation is 2. The quantitative estimate of drug-likeness (QED) is 0.656. The number of para-hydroxylation sites is 1. The van der Waals surface area contributed by atoms with Crippen LogP contribution in [0.3, 0.4) is 0 Å². The summed E-state index contributed by atoms with van der Waals surface area (Å²) in [4.78, 5) is 50.6. The zero-order chi connectivity index (χ0) is 21.2. The van der Waals surface area contributed by atoms with Crippen LogP contribution in [0.1, 0.15) is 43.7 Å². The molecule has 2 atom stereocenters. The first-order chi connectivity index (χ1) is 13.7. The van der Waals surface area contributed by atoms with Crippen LogP contribution in [0.25, 0.3) is 0 Å². The highest BCUT2D eigenvalue weighted by atomic mass is 16.2. The van der Waals surface area contributed by atoms with Crippen molar-refractivity contribution in [3.8, 4) is 0 Å². The standard InChI is InChI=1S/C21H28N4O4/c1-13-7-6-8-14(2)18(13)23-16(26)11-22-17(27)12-25-19(28)21(24-20(25)29)10-5-4-9-15(21)3/h6-8,15H,4-5,9-12H2,1-3H3,(H,22,27)(H,23,26)(H,24,29)/t15-,21-/m0/s1. The average molecular weight is 400 g/mol. The Morgan fingerprint density at radius 3 is 2.52 bits per heavy atom. The molecule has 0 unspecified atom stereocenters.